The number of carbonyl (C=O) groups is 2. The molecule has 2 unspecified atom stereocenters. The first-order valence-electron chi connectivity index (χ1n) is 11.5. The summed E-state index contributed by atoms with van der Waals surface area (Å²) in [5.41, 5.74) is 9.26. The molecule has 0 fully saturated rings. The number of ether oxygens (including phenoxy) is 1. The van der Waals surface area contributed by atoms with Crippen LogP contribution in [0.1, 0.15) is 17.2 Å². The van der Waals surface area contributed by atoms with Crippen LogP contribution in [0.5, 0.6) is 0 Å². The first kappa shape index (κ1) is 25.4. The molecular weight excluding hydrogens is 520 g/mol. The topological polar surface area (TPSA) is 105 Å². The summed E-state index contributed by atoms with van der Waals surface area (Å²) in [4.78, 5) is 25.5. The highest BCUT2D eigenvalue weighted by molar-refractivity contribution is 9.10. The van der Waals surface area contributed by atoms with E-state index in [4.69, 9.17) is 10.5 Å². The Balaban J connectivity index is 1.46. The number of hydrogen-bond acceptors (Lipinski definition) is 5. The van der Waals surface area contributed by atoms with E-state index in [1.54, 1.807) is 30.3 Å². The van der Waals surface area contributed by atoms with Gasteiger partial charge in [-0.25, -0.2) is 0 Å². The Morgan fingerprint density at radius 3 is 2.44 bits per heavy atom. The molecule has 184 valence electrons. The summed E-state index contributed by atoms with van der Waals surface area (Å²) in [6.07, 6.45) is 7.10. The van der Waals surface area contributed by atoms with Gasteiger partial charge >= 0.3 is 0 Å². The van der Waals surface area contributed by atoms with Crippen LogP contribution in [0.4, 0.5) is 17.1 Å². The van der Waals surface area contributed by atoms with Crippen molar-refractivity contribution in [1.29, 1.82) is 0 Å². The van der Waals surface area contributed by atoms with E-state index in [2.05, 4.69) is 31.9 Å². The van der Waals surface area contributed by atoms with E-state index in [-0.39, 0.29) is 17.9 Å². The molecule has 3 aromatic carbocycles. The third kappa shape index (κ3) is 7.14. The van der Waals surface area contributed by atoms with Crippen LogP contribution in [0.2, 0.25) is 0 Å². The highest BCUT2D eigenvalue weighted by Gasteiger charge is 2.24. The SMILES string of the molecule is Nc1ccccc1NC(=O)/C=C/c1ccc(C(NC2C=CCOC2)C(=O)Nc2ccc(Br)cc2)cc1. The smallest absolute Gasteiger partial charge is 0.248 e. The monoisotopic (exact) mass is 546 g/mol. The first-order chi connectivity index (χ1) is 17.5. The van der Waals surface area contributed by atoms with Crippen molar-refractivity contribution in [3.05, 3.63) is 107 Å². The number of nitrogens with two attached hydrogens (primary N) is 1. The number of benzene rings is 3. The Morgan fingerprint density at radius 2 is 1.75 bits per heavy atom. The summed E-state index contributed by atoms with van der Waals surface area (Å²) in [6.45, 7) is 1.06. The molecule has 7 nitrogen and oxygen atoms in total. The van der Waals surface area contributed by atoms with E-state index in [1.807, 2.05) is 60.7 Å². The van der Waals surface area contributed by atoms with Crippen molar-refractivity contribution >= 4 is 50.9 Å². The lowest BCUT2D eigenvalue weighted by Gasteiger charge is -2.25. The van der Waals surface area contributed by atoms with Crippen molar-refractivity contribution < 1.29 is 14.3 Å². The number of nitrogens with one attached hydrogen (secondary N) is 3. The van der Waals surface area contributed by atoms with Gasteiger partial charge in [0.25, 0.3) is 0 Å². The van der Waals surface area contributed by atoms with Gasteiger partial charge in [0.15, 0.2) is 0 Å². The van der Waals surface area contributed by atoms with Crippen LogP contribution in [-0.2, 0) is 14.3 Å². The largest absolute Gasteiger partial charge is 0.397 e. The van der Waals surface area contributed by atoms with E-state index in [9.17, 15) is 9.59 Å². The zero-order valence-electron chi connectivity index (χ0n) is 19.5. The average Bonchev–Trinajstić information content (AvgIpc) is 2.90. The number of para-hydroxylation sites is 2. The van der Waals surface area contributed by atoms with Gasteiger partial charge in [-0.05, 0) is 53.6 Å². The summed E-state index contributed by atoms with van der Waals surface area (Å²) < 4.78 is 6.45. The Kier molecular flexibility index (Phi) is 8.67. The van der Waals surface area contributed by atoms with Crippen molar-refractivity contribution in [2.45, 2.75) is 12.1 Å². The molecule has 1 heterocycles. The maximum absolute atomic E-state index is 13.2. The molecule has 4 rings (SSSR count). The number of anilines is 3. The van der Waals surface area contributed by atoms with E-state index >= 15 is 0 Å². The molecular formula is C28H27BrN4O3. The molecule has 0 saturated heterocycles. The van der Waals surface area contributed by atoms with E-state index in [0.29, 0.717) is 30.3 Å². The van der Waals surface area contributed by atoms with Gasteiger partial charge in [-0.3, -0.25) is 14.9 Å². The number of hydrogen-bond donors (Lipinski definition) is 4. The van der Waals surface area contributed by atoms with Crippen molar-refractivity contribution in [3.63, 3.8) is 0 Å². The lowest BCUT2D eigenvalue weighted by Crippen LogP contribution is -2.42. The summed E-state index contributed by atoms with van der Waals surface area (Å²) in [5, 5.41) is 9.12. The molecule has 0 radical (unpaired) electrons. The van der Waals surface area contributed by atoms with Gasteiger partial charge in [-0.2, -0.15) is 0 Å². The van der Waals surface area contributed by atoms with Gasteiger partial charge in [0.2, 0.25) is 11.8 Å². The van der Waals surface area contributed by atoms with Crippen LogP contribution in [0.25, 0.3) is 6.08 Å². The molecule has 36 heavy (non-hydrogen) atoms. The summed E-state index contributed by atoms with van der Waals surface area (Å²) in [5.74, 6) is -0.464. The van der Waals surface area contributed by atoms with Gasteiger partial charge in [-0.15, -0.1) is 0 Å². The van der Waals surface area contributed by atoms with Crippen LogP contribution in [0.3, 0.4) is 0 Å². The van der Waals surface area contributed by atoms with Crippen molar-refractivity contribution in [2.75, 3.05) is 29.6 Å². The zero-order valence-corrected chi connectivity index (χ0v) is 21.1. The van der Waals surface area contributed by atoms with Gasteiger partial charge in [0, 0.05) is 22.3 Å². The normalized spacial score (nSPS) is 16.0. The Bertz CT molecular complexity index is 1260. The minimum atomic E-state index is -0.604. The fraction of sp³-hybridized carbons (Fsp3) is 0.143. The van der Waals surface area contributed by atoms with E-state index < -0.39 is 6.04 Å². The van der Waals surface area contributed by atoms with Crippen molar-refractivity contribution in [3.8, 4) is 0 Å². The standard InChI is InChI=1S/C28H27BrN4O3/c29-21-12-14-22(15-13-21)32-28(35)27(31-23-4-3-17-36-18-23)20-10-7-19(8-11-20)9-16-26(34)33-25-6-2-1-5-24(25)30/h1-16,23,27,31H,17-18,30H2,(H,32,35)(H,33,34)/b16-9+. The molecule has 2 atom stereocenters. The van der Waals surface area contributed by atoms with Crippen LogP contribution in [0.15, 0.2) is 95.5 Å². The Labute approximate surface area is 218 Å². The van der Waals surface area contributed by atoms with Crippen molar-refractivity contribution in [2.24, 2.45) is 0 Å². The third-order valence-corrected chi connectivity index (χ3v) is 6.08. The fourth-order valence-electron chi connectivity index (χ4n) is 3.68. The third-order valence-electron chi connectivity index (χ3n) is 5.55. The summed E-state index contributed by atoms with van der Waals surface area (Å²) >= 11 is 3.41. The van der Waals surface area contributed by atoms with E-state index in [1.165, 1.54) is 6.08 Å². The van der Waals surface area contributed by atoms with E-state index in [0.717, 1.165) is 15.6 Å². The predicted octanol–water partition coefficient (Wildman–Crippen LogP) is 4.91. The molecule has 1 aliphatic heterocycles. The molecule has 5 N–H and O–H groups in total. The summed E-state index contributed by atoms with van der Waals surface area (Å²) in [7, 11) is 0. The second-order valence-electron chi connectivity index (χ2n) is 8.24. The number of amides is 2. The molecule has 2 amide bonds. The summed E-state index contributed by atoms with van der Waals surface area (Å²) in [6, 6.07) is 21.3. The average molecular weight is 547 g/mol. The quantitative estimate of drug-likeness (QED) is 0.182. The molecule has 0 saturated carbocycles. The number of carbonyl (C=O) groups excluding carboxylic acids is 2. The lowest BCUT2D eigenvalue weighted by molar-refractivity contribution is -0.118. The molecule has 0 aliphatic carbocycles. The lowest BCUT2D eigenvalue weighted by atomic mass is 10.0. The van der Waals surface area contributed by atoms with Gasteiger partial charge in [-0.1, -0.05) is 64.5 Å². The Hall–Kier alpha value is -3.72. The number of rotatable bonds is 8. The minimum absolute atomic E-state index is 0.0897. The maximum Gasteiger partial charge on any atom is 0.248 e. The van der Waals surface area contributed by atoms with Gasteiger partial charge < -0.3 is 21.1 Å². The van der Waals surface area contributed by atoms with Crippen molar-refractivity contribution in [1.82, 2.24) is 5.32 Å². The molecule has 0 bridgehead atoms. The Morgan fingerprint density at radius 1 is 1.00 bits per heavy atom. The molecule has 3 aromatic rings. The van der Waals surface area contributed by atoms with Gasteiger partial charge in [0.1, 0.15) is 6.04 Å². The predicted molar refractivity (Wildman–Crippen MR) is 147 cm³/mol. The van der Waals surface area contributed by atoms with Crippen LogP contribution < -0.4 is 21.7 Å². The van der Waals surface area contributed by atoms with Crippen LogP contribution in [-0.4, -0.2) is 31.1 Å². The highest BCUT2D eigenvalue weighted by Crippen LogP contribution is 2.21. The molecule has 0 spiro atoms. The van der Waals surface area contributed by atoms with Crippen LogP contribution in [0, 0.1) is 0 Å². The maximum atomic E-state index is 13.2. The molecule has 8 heteroatoms. The highest BCUT2D eigenvalue weighted by atomic mass is 79.9. The number of nitrogen functional groups attached to an aromatic ring is 1. The van der Waals surface area contributed by atoms with Crippen LogP contribution >= 0.6 is 15.9 Å². The second kappa shape index (κ2) is 12.3. The molecule has 0 aromatic heterocycles. The zero-order chi connectivity index (χ0) is 25.3. The fourth-order valence-corrected chi connectivity index (χ4v) is 3.95. The first-order valence-corrected chi connectivity index (χ1v) is 12.3. The second-order valence-corrected chi connectivity index (χ2v) is 9.16. The minimum Gasteiger partial charge on any atom is -0.397 e. The molecule has 1 aliphatic rings. The number of halogens is 1. The van der Waals surface area contributed by atoms with Gasteiger partial charge in [0.05, 0.1) is 24.6 Å².